The summed E-state index contributed by atoms with van der Waals surface area (Å²) < 4.78 is 40.7. The van der Waals surface area contributed by atoms with Crippen LogP contribution >= 0.6 is 10.3 Å². The largest absolute Gasteiger partial charge is 0.307 e. The van der Waals surface area contributed by atoms with Crippen molar-refractivity contribution in [3.8, 4) is 0 Å². The number of aryl methyl sites for hydroxylation is 1. The molecular formula is C61H94O3S2. The van der Waals surface area contributed by atoms with Gasteiger partial charge in [-0.3, -0.25) is 0 Å². The van der Waals surface area contributed by atoms with Gasteiger partial charge in [0.1, 0.15) is 0 Å². The van der Waals surface area contributed by atoms with Crippen molar-refractivity contribution in [1.82, 2.24) is 0 Å². The van der Waals surface area contributed by atoms with Gasteiger partial charge in [-0.05, 0) is 128 Å². The van der Waals surface area contributed by atoms with E-state index in [2.05, 4.69) is 223 Å². The van der Waals surface area contributed by atoms with Crippen molar-refractivity contribution in [3.05, 3.63) is 116 Å². The average Bonchev–Trinajstić information content (AvgIpc) is 3.09. The van der Waals surface area contributed by atoms with Gasteiger partial charge in [0, 0.05) is 14.7 Å². The van der Waals surface area contributed by atoms with Crippen molar-refractivity contribution in [2.24, 2.45) is 0 Å². The molecule has 5 heteroatoms. The van der Waals surface area contributed by atoms with Crippen LogP contribution in [0.1, 0.15) is 243 Å². The Balaban J connectivity index is 2.88. The minimum absolute atomic E-state index is 0.160. The Morgan fingerprint density at radius 2 is 0.515 bits per heavy atom. The van der Waals surface area contributed by atoms with Crippen LogP contribution in [0.2, 0.25) is 0 Å². The maximum atomic E-state index is 16.3. The second-order valence-corrected chi connectivity index (χ2v) is 33.1. The van der Waals surface area contributed by atoms with Crippen LogP contribution in [-0.2, 0) is 62.5 Å². The fourth-order valence-electron chi connectivity index (χ4n) is 8.74. The topological polar surface area (TPSA) is 43.4 Å². The van der Waals surface area contributed by atoms with Gasteiger partial charge < -0.3 is 0 Å². The van der Waals surface area contributed by atoms with E-state index in [0.717, 1.165) is 53.6 Å². The molecule has 0 aliphatic carbocycles. The Kier molecular flexibility index (Phi) is 14.5. The van der Waals surface area contributed by atoms with E-state index in [9.17, 15) is 0 Å². The number of hydrogen-bond donors (Lipinski definition) is 0. The summed E-state index contributed by atoms with van der Waals surface area (Å²) in [6, 6.07) is 21.8. The molecule has 0 aliphatic rings. The lowest BCUT2D eigenvalue weighted by molar-refractivity contribution is 0.482. The number of rotatable bonds is 6. The molecule has 368 valence electrons. The first-order valence-corrected chi connectivity index (χ1v) is 27.5. The molecule has 4 rings (SSSR count). The predicted octanol–water partition coefficient (Wildman–Crippen LogP) is 18.3. The highest BCUT2D eigenvalue weighted by molar-refractivity contribution is 8.33. The van der Waals surface area contributed by atoms with E-state index in [0.29, 0.717) is 0 Å². The molecule has 0 saturated carbocycles. The Morgan fingerprint density at radius 3 is 0.682 bits per heavy atom. The van der Waals surface area contributed by atoms with E-state index in [1.807, 2.05) is 19.1 Å². The average molecular weight is 940 g/mol. The zero-order valence-electron chi connectivity index (χ0n) is 47.3. The van der Waals surface area contributed by atoms with Crippen molar-refractivity contribution < 1.29 is 12.0 Å². The van der Waals surface area contributed by atoms with Gasteiger partial charge >= 0.3 is 10.1 Å². The van der Waals surface area contributed by atoms with Crippen molar-refractivity contribution in [2.75, 3.05) is 0 Å². The molecule has 0 atom stereocenters. The van der Waals surface area contributed by atoms with E-state index in [4.69, 9.17) is 3.63 Å². The van der Waals surface area contributed by atoms with Gasteiger partial charge in [-0.25, -0.2) is 3.63 Å². The quantitative estimate of drug-likeness (QED) is 0.193. The molecule has 0 amide bonds. The summed E-state index contributed by atoms with van der Waals surface area (Å²) in [5.41, 5.74) is 8.08. The van der Waals surface area contributed by atoms with Crippen LogP contribution in [0.15, 0.2) is 80.2 Å². The van der Waals surface area contributed by atoms with Crippen LogP contribution < -0.4 is 0 Å². The lowest BCUT2D eigenvalue weighted by atomic mass is 9.75. The third kappa shape index (κ3) is 11.4. The first kappa shape index (κ1) is 55.7. The monoisotopic (exact) mass is 939 g/mol. The minimum atomic E-state index is -4.53. The summed E-state index contributed by atoms with van der Waals surface area (Å²) in [5, 5.41) is 0. The Hall–Kier alpha value is -2.86. The summed E-state index contributed by atoms with van der Waals surface area (Å²) in [7, 11) is -7.94. The van der Waals surface area contributed by atoms with Gasteiger partial charge in [0.05, 0.1) is 4.90 Å². The summed E-state index contributed by atoms with van der Waals surface area (Å²) >= 11 is 0. The molecule has 0 bridgehead atoms. The fraction of sp³-hybridized carbons (Fsp3) is 0.607. The molecule has 0 aromatic heterocycles. The number of hydrogen-bond acceptors (Lipinski definition) is 3. The molecule has 3 nitrogen and oxygen atoms in total. The lowest BCUT2D eigenvalue weighted by Gasteiger charge is -2.52. The van der Waals surface area contributed by atoms with E-state index >= 15 is 8.42 Å². The van der Waals surface area contributed by atoms with Crippen LogP contribution in [0.4, 0.5) is 0 Å². The maximum Gasteiger partial charge on any atom is 0.307 e. The molecule has 0 unspecified atom stereocenters. The van der Waals surface area contributed by atoms with Gasteiger partial charge in [0.15, 0.2) is 0 Å². The smallest absolute Gasteiger partial charge is 0.203 e. The third-order valence-electron chi connectivity index (χ3n) is 13.1. The van der Waals surface area contributed by atoms with E-state index in [1.165, 1.54) is 16.7 Å². The van der Waals surface area contributed by atoms with Crippen LogP contribution in [0, 0.1) is 6.92 Å². The zero-order valence-corrected chi connectivity index (χ0v) is 48.9. The molecule has 4 aromatic rings. The summed E-state index contributed by atoms with van der Waals surface area (Å²) in [5.74, 6) is 0. The predicted molar refractivity (Wildman–Crippen MR) is 289 cm³/mol. The van der Waals surface area contributed by atoms with Gasteiger partial charge in [-0.2, -0.15) is 8.42 Å². The first-order valence-electron chi connectivity index (χ1n) is 24.5. The molecule has 0 fully saturated rings. The van der Waals surface area contributed by atoms with Gasteiger partial charge in [0.2, 0.25) is 0 Å². The highest BCUT2D eigenvalue weighted by atomic mass is 32.3. The summed E-state index contributed by atoms with van der Waals surface area (Å²) in [6.07, 6.45) is 0. The fourth-order valence-corrected chi connectivity index (χ4v) is 16.1. The molecule has 0 aliphatic heterocycles. The Morgan fingerprint density at radius 1 is 0.318 bits per heavy atom. The molecule has 0 saturated heterocycles. The zero-order chi connectivity index (χ0) is 51.4. The number of benzene rings is 4. The minimum Gasteiger partial charge on any atom is -0.203 e. The van der Waals surface area contributed by atoms with Crippen molar-refractivity contribution >= 4 is 20.4 Å². The highest BCUT2D eigenvalue weighted by Gasteiger charge is 2.52. The lowest BCUT2D eigenvalue weighted by Crippen LogP contribution is -2.33. The second-order valence-electron chi connectivity index (χ2n) is 28.8. The SMILES string of the molecule is Cc1ccc(S(=O)(=O)OS(c2c(C(C)(C)C)cc(C(C)(C)C)cc2C(C)(C)C)(c2c(C(C)(C)C)cc(C(C)(C)C)cc2C(C)(C)C)c2c(C(C)(C)C)cc(C(C)(C)C)cc2C(C)(C)C)cc1. The Labute approximate surface area is 408 Å². The summed E-state index contributed by atoms with van der Waals surface area (Å²) in [4.78, 5) is 3.17. The molecule has 0 spiro atoms. The van der Waals surface area contributed by atoms with Crippen LogP contribution in [0.25, 0.3) is 0 Å². The Bertz CT molecular complexity index is 2210. The van der Waals surface area contributed by atoms with Crippen LogP contribution in [0.5, 0.6) is 0 Å². The van der Waals surface area contributed by atoms with Gasteiger partial charge in [-0.15, -0.1) is 0 Å². The summed E-state index contributed by atoms with van der Waals surface area (Å²) in [6.45, 7) is 64.1. The van der Waals surface area contributed by atoms with Crippen molar-refractivity contribution in [2.45, 2.75) is 262 Å². The second kappa shape index (κ2) is 17.2. The maximum absolute atomic E-state index is 16.3. The molecule has 4 aromatic carbocycles. The van der Waals surface area contributed by atoms with Gasteiger partial charge in [-0.1, -0.05) is 241 Å². The first-order chi connectivity index (χ1) is 29.1. The molecule has 0 radical (unpaired) electrons. The van der Waals surface area contributed by atoms with Crippen LogP contribution in [-0.4, -0.2) is 8.42 Å². The van der Waals surface area contributed by atoms with E-state index < -0.39 is 52.9 Å². The molecular weight excluding hydrogens is 845 g/mol. The molecule has 66 heavy (non-hydrogen) atoms. The third-order valence-corrected chi connectivity index (χ3v) is 18.5. The standard InChI is InChI=1S/C61H94O3S2/c1-39-29-31-43(32-30-39)66(62,63)64-65(50-44(56(11,12)13)33-40(53(2,3)4)34-45(50)57(14,15)16,51-46(58(17,18)19)35-41(54(5,6)7)36-47(51)59(20,21)22)52-48(60(23,24)25)37-42(55(8,9)10)38-49(52)61(26,27)28/h29-38H,1-28H3. The van der Waals surface area contributed by atoms with E-state index in [-0.39, 0.29) is 21.1 Å². The van der Waals surface area contributed by atoms with Crippen molar-refractivity contribution in [1.29, 1.82) is 0 Å². The normalized spacial score (nSPS) is 14.8. The van der Waals surface area contributed by atoms with Crippen molar-refractivity contribution in [3.63, 3.8) is 0 Å². The molecule has 0 N–H and O–H groups in total. The van der Waals surface area contributed by atoms with E-state index in [1.54, 1.807) is 12.1 Å². The molecule has 0 heterocycles. The highest BCUT2D eigenvalue weighted by Crippen LogP contribution is 2.78. The van der Waals surface area contributed by atoms with Gasteiger partial charge in [0.25, 0.3) is 0 Å². The van der Waals surface area contributed by atoms with Crippen LogP contribution in [0.3, 0.4) is 0 Å².